The van der Waals surface area contributed by atoms with Crippen LogP contribution in [-0.2, 0) is 17.8 Å². The molecule has 2 aliphatic heterocycles. The second-order valence-corrected chi connectivity index (χ2v) is 10.6. The van der Waals surface area contributed by atoms with E-state index in [1.807, 2.05) is 6.07 Å². The third kappa shape index (κ3) is 3.95. The molecule has 6 rings (SSSR count). The van der Waals surface area contributed by atoms with Gasteiger partial charge in [0.2, 0.25) is 0 Å². The van der Waals surface area contributed by atoms with E-state index in [1.54, 1.807) is 34.9 Å². The van der Waals surface area contributed by atoms with Gasteiger partial charge in [-0.1, -0.05) is 41.0 Å². The number of hydrogen-bond donors (Lipinski definition) is 0. The van der Waals surface area contributed by atoms with Crippen molar-refractivity contribution < 1.29 is 13.9 Å². The predicted molar refractivity (Wildman–Crippen MR) is 128 cm³/mol. The SMILES string of the molecule is O=C(COc1ccc(C2CC2)nc1Cl)N1CCc2nc3n(c2C1c1ccc(Cl)cc1F)CCS3. The van der Waals surface area contributed by atoms with Gasteiger partial charge in [-0.3, -0.25) is 4.79 Å². The number of ether oxygens (including phenoxy) is 1. The highest BCUT2D eigenvalue weighted by Gasteiger charge is 2.39. The molecule has 0 N–H and O–H groups in total. The first-order valence-electron chi connectivity index (χ1n) is 11.3. The average Bonchev–Trinajstić information content (AvgIpc) is 3.46. The van der Waals surface area contributed by atoms with Crippen LogP contribution in [0.1, 0.15) is 47.4 Å². The third-order valence-corrected chi connectivity index (χ3v) is 7.98. The van der Waals surface area contributed by atoms with Crippen LogP contribution in [0.4, 0.5) is 4.39 Å². The van der Waals surface area contributed by atoms with Crippen LogP contribution in [-0.4, -0.2) is 44.2 Å². The molecule has 1 amide bonds. The fraction of sp³-hybridized carbons (Fsp3) is 0.375. The Hall–Kier alpha value is -2.29. The molecule has 176 valence electrons. The van der Waals surface area contributed by atoms with Gasteiger partial charge in [-0.25, -0.2) is 14.4 Å². The summed E-state index contributed by atoms with van der Waals surface area (Å²) < 4.78 is 23.0. The number of carbonyl (C=O) groups is 1. The maximum atomic E-state index is 15.1. The number of benzene rings is 1. The summed E-state index contributed by atoms with van der Waals surface area (Å²) in [5.74, 6) is 1.04. The molecule has 1 unspecified atom stereocenters. The standard InChI is InChI=1S/C24H21Cl2FN4O2S/c25-14-3-4-15(16(27)11-14)21-22-18(29-24-31(22)9-10-34-24)7-8-30(21)20(32)12-33-19-6-5-17(13-1-2-13)28-23(19)26/h3-6,11,13,21H,1-2,7-10,12H2. The molecule has 0 saturated heterocycles. The Kier molecular flexibility index (Phi) is 5.70. The van der Waals surface area contributed by atoms with Crippen LogP contribution < -0.4 is 4.74 Å². The van der Waals surface area contributed by atoms with Gasteiger partial charge in [0, 0.05) is 47.5 Å². The number of rotatable bonds is 5. The molecule has 10 heteroatoms. The third-order valence-electron chi connectivity index (χ3n) is 6.51. The topological polar surface area (TPSA) is 60.2 Å². The average molecular weight is 519 g/mol. The Morgan fingerprint density at radius 1 is 1.18 bits per heavy atom. The highest BCUT2D eigenvalue weighted by molar-refractivity contribution is 7.99. The molecule has 4 heterocycles. The van der Waals surface area contributed by atoms with Crippen LogP contribution in [0.25, 0.3) is 0 Å². The van der Waals surface area contributed by atoms with Crippen LogP contribution >= 0.6 is 35.0 Å². The number of halogens is 3. The summed E-state index contributed by atoms with van der Waals surface area (Å²) in [5.41, 5.74) is 3.13. The van der Waals surface area contributed by atoms with Crippen LogP contribution in [0.3, 0.4) is 0 Å². The number of pyridine rings is 1. The molecule has 1 aromatic carbocycles. The van der Waals surface area contributed by atoms with Crippen LogP contribution in [0.15, 0.2) is 35.5 Å². The number of amides is 1. The first-order valence-corrected chi connectivity index (χ1v) is 13.0. The molecule has 1 atom stereocenters. The van der Waals surface area contributed by atoms with E-state index in [2.05, 4.69) is 9.55 Å². The van der Waals surface area contributed by atoms with Crippen molar-refractivity contribution in [1.29, 1.82) is 0 Å². The summed E-state index contributed by atoms with van der Waals surface area (Å²) in [6.45, 7) is 0.970. The monoisotopic (exact) mass is 518 g/mol. The van der Waals surface area contributed by atoms with Gasteiger partial charge in [-0.2, -0.15) is 0 Å². The Bertz CT molecular complexity index is 1300. The largest absolute Gasteiger partial charge is 0.481 e. The molecule has 0 spiro atoms. The number of thioether (sulfide) groups is 1. The minimum Gasteiger partial charge on any atom is -0.481 e. The molecule has 34 heavy (non-hydrogen) atoms. The lowest BCUT2D eigenvalue weighted by molar-refractivity contribution is -0.135. The molecule has 1 aliphatic carbocycles. The van der Waals surface area contributed by atoms with Crippen molar-refractivity contribution in [2.75, 3.05) is 18.9 Å². The van der Waals surface area contributed by atoms with E-state index in [0.29, 0.717) is 35.2 Å². The van der Waals surface area contributed by atoms with Crippen LogP contribution in [0.5, 0.6) is 5.75 Å². The van der Waals surface area contributed by atoms with E-state index in [1.165, 1.54) is 6.07 Å². The second kappa shape index (κ2) is 8.73. The van der Waals surface area contributed by atoms with Gasteiger partial charge in [0.15, 0.2) is 22.7 Å². The molecule has 0 radical (unpaired) electrons. The summed E-state index contributed by atoms with van der Waals surface area (Å²) in [6.07, 6.45) is 2.85. The van der Waals surface area contributed by atoms with Gasteiger partial charge in [0.1, 0.15) is 11.9 Å². The minimum absolute atomic E-state index is 0.221. The summed E-state index contributed by atoms with van der Waals surface area (Å²) in [6, 6.07) is 7.64. The van der Waals surface area contributed by atoms with Crippen LogP contribution in [0.2, 0.25) is 10.2 Å². The van der Waals surface area contributed by atoms with Crippen molar-refractivity contribution in [2.45, 2.75) is 42.9 Å². The van der Waals surface area contributed by atoms with E-state index in [4.69, 9.17) is 32.9 Å². The Morgan fingerprint density at radius 2 is 2.03 bits per heavy atom. The van der Waals surface area contributed by atoms with Gasteiger partial charge >= 0.3 is 0 Å². The predicted octanol–water partition coefficient (Wildman–Crippen LogP) is 5.26. The fourth-order valence-electron chi connectivity index (χ4n) is 4.72. The molecular formula is C24H21Cl2FN4O2S. The minimum atomic E-state index is -0.608. The highest BCUT2D eigenvalue weighted by atomic mass is 35.5. The zero-order valence-electron chi connectivity index (χ0n) is 18.1. The molecular weight excluding hydrogens is 498 g/mol. The van der Waals surface area contributed by atoms with E-state index in [-0.39, 0.29) is 17.7 Å². The smallest absolute Gasteiger partial charge is 0.261 e. The highest BCUT2D eigenvalue weighted by Crippen LogP contribution is 2.42. The second-order valence-electron chi connectivity index (χ2n) is 8.72. The van der Waals surface area contributed by atoms with E-state index < -0.39 is 11.9 Å². The van der Waals surface area contributed by atoms with Crippen LogP contribution in [0, 0.1) is 5.82 Å². The van der Waals surface area contributed by atoms with Crippen molar-refractivity contribution in [2.24, 2.45) is 0 Å². The van der Waals surface area contributed by atoms with E-state index >= 15 is 4.39 Å². The number of carbonyl (C=O) groups excluding carboxylic acids is 1. The number of nitrogens with zero attached hydrogens (tertiary/aromatic N) is 4. The maximum Gasteiger partial charge on any atom is 0.261 e. The van der Waals surface area contributed by atoms with Crippen molar-refractivity contribution in [3.8, 4) is 5.75 Å². The van der Waals surface area contributed by atoms with E-state index in [0.717, 1.165) is 47.4 Å². The molecule has 6 nitrogen and oxygen atoms in total. The first-order chi connectivity index (χ1) is 16.5. The Balaban J connectivity index is 1.30. The summed E-state index contributed by atoms with van der Waals surface area (Å²) in [4.78, 5) is 24.3. The molecule has 2 aromatic heterocycles. The van der Waals surface area contributed by atoms with Gasteiger partial charge in [-0.05, 0) is 37.1 Å². The van der Waals surface area contributed by atoms with Gasteiger partial charge in [-0.15, -0.1) is 0 Å². The Labute approximate surface area is 210 Å². The zero-order valence-corrected chi connectivity index (χ0v) is 20.5. The van der Waals surface area contributed by atoms with Crippen molar-refractivity contribution in [3.63, 3.8) is 0 Å². The van der Waals surface area contributed by atoms with Gasteiger partial charge < -0.3 is 14.2 Å². The lowest BCUT2D eigenvalue weighted by atomic mass is 9.94. The van der Waals surface area contributed by atoms with Gasteiger partial charge in [0.05, 0.1) is 11.4 Å². The molecule has 1 fully saturated rings. The first kappa shape index (κ1) is 22.2. The fourth-order valence-corrected chi connectivity index (χ4v) is 6.07. The van der Waals surface area contributed by atoms with E-state index in [9.17, 15) is 4.79 Å². The maximum absolute atomic E-state index is 15.1. The molecule has 1 saturated carbocycles. The number of hydrogen-bond acceptors (Lipinski definition) is 5. The summed E-state index contributed by atoms with van der Waals surface area (Å²) >= 11 is 14.0. The van der Waals surface area contributed by atoms with Crippen molar-refractivity contribution in [1.82, 2.24) is 19.4 Å². The molecule has 3 aromatic rings. The van der Waals surface area contributed by atoms with Gasteiger partial charge in [0.25, 0.3) is 5.91 Å². The lowest BCUT2D eigenvalue weighted by Crippen LogP contribution is -2.44. The quantitative estimate of drug-likeness (QED) is 0.431. The zero-order chi connectivity index (χ0) is 23.4. The molecule has 3 aliphatic rings. The summed E-state index contributed by atoms with van der Waals surface area (Å²) in [7, 11) is 0. The van der Waals surface area contributed by atoms with Crippen molar-refractivity contribution >= 4 is 40.9 Å². The van der Waals surface area contributed by atoms with Crippen molar-refractivity contribution in [3.05, 3.63) is 69.0 Å². The number of aromatic nitrogens is 3. The summed E-state index contributed by atoms with van der Waals surface area (Å²) in [5, 5.41) is 1.48. The number of fused-ring (bicyclic) bond motifs is 3. The normalized spacial score (nSPS) is 19.1. The number of imidazole rings is 1. The lowest BCUT2D eigenvalue weighted by Gasteiger charge is -2.36. The Morgan fingerprint density at radius 3 is 2.79 bits per heavy atom. The molecule has 0 bridgehead atoms.